The molecule has 1 aromatic rings. The standard InChI is InChI=1S/C18H30N2O/c1-16-8-5-6-12-20(16)13-7-11-19-14-17-9-3-4-10-18(17)15-21-2/h3-4,9-10,16,19H,5-8,11-15H2,1-2H3. The molecule has 0 radical (unpaired) electrons. The first kappa shape index (κ1) is 16.5. The van der Waals surface area contributed by atoms with Gasteiger partial charge in [0.25, 0.3) is 0 Å². The third kappa shape index (κ3) is 5.42. The maximum atomic E-state index is 5.25. The van der Waals surface area contributed by atoms with Crippen molar-refractivity contribution < 1.29 is 4.74 Å². The Morgan fingerprint density at radius 1 is 1.24 bits per heavy atom. The van der Waals surface area contributed by atoms with Gasteiger partial charge in [-0.3, -0.25) is 0 Å². The molecule has 1 atom stereocenters. The Hall–Kier alpha value is -0.900. The minimum Gasteiger partial charge on any atom is -0.380 e. The first-order chi connectivity index (χ1) is 10.3. The van der Waals surface area contributed by atoms with Gasteiger partial charge in [-0.15, -0.1) is 0 Å². The molecule has 3 heteroatoms. The summed E-state index contributed by atoms with van der Waals surface area (Å²) in [5, 5.41) is 3.57. The smallest absolute Gasteiger partial charge is 0.0716 e. The number of rotatable bonds is 8. The van der Waals surface area contributed by atoms with Gasteiger partial charge in [-0.2, -0.15) is 0 Å². The van der Waals surface area contributed by atoms with Crippen molar-refractivity contribution in [3.63, 3.8) is 0 Å². The van der Waals surface area contributed by atoms with E-state index in [4.69, 9.17) is 4.74 Å². The number of piperidine rings is 1. The van der Waals surface area contributed by atoms with Crippen LogP contribution in [0.1, 0.15) is 43.7 Å². The summed E-state index contributed by atoms with van der Waals surface area (Å²) in [6, 6.07) is 9.30. The van der Waals surface area contributed by atoms with Crippen LogP contribution in [-0.2, 0) is 17.9 Å². The van der Waals surface area contributed by atoms with Crippen LogP contribution in [0.2, 0.25) is 0 Å². The van der Waals surface area contributed by atoms with E-state index in [1.54, 1.807) is 7.11 Å². The second kappa shape index (κ2) is 9.19. The summed E-state index contributed by atoms with van der Waals surface area (Å²) in [6.07, 6.45) is 5.39. The lowest BCUT2D eigenvalue weighted by atomic mass is 10.0. The number of nitrogens with one attached hydrogen (secondary N) is 1. The van der Waals surface area contributed by atoms with Crippen LogP contribution in [0.15, 0.2) is 24.3 Å². The highest BCUT2D eigenvalue weighted by Gasteiger charge is 2.16. The molecule has 3 nitrogen and oxygen atoms in total. The molecular weight excluding hydrogens is 260 g/mol. The van der Waals surface area contributed by atoms with Crippen molar-refractivity contribution in [2.45, 2.75) is 51.8 Å². The molecule has 1 N–H and O–H groups in total. The molecule has 0 bridgehead atoms. The summed E-state index contributed by atoms with van der Waals surface area (Å²) < 4.78 is 5.25. The maximum absolute atomic E-state index is 5.25. The first-order valence-electron chi connectivity index (χ1n) is 8.31. The molecule has 1 aliphatic heterocycles. The van der Waals surface area contributed by atoms with E-state index in [0.717, 1.165) is 19.1 Å². The van der Waals surface area contributed by atoms with Gasteiger partial charge in [-0.1, -0.05) is 30.7 Å². The topological polar surface area (TPSA) is 24.5 Å². The SMILES string of the molecule is COCc1ccccc1CNCCCN1CCCCC1C. The van der Waals surface area contributed by atoms with Crippen molar-refractivity contribution in [1.29, 1.82) is 0 Å². The molecular formula is C18H30N2O. The zero-order valence-electron chi connectivity index (χ0n) is 13.6. The van der Waals surface area contributed by atoms with Gasteiger partial charge in [0, 0.05) is 19.7 Å². The van der Waals surface area contributed by atoms with Gasteiger partial charge in [-0.25, -0.2) is 0 Å². The van der Waals surface area contributed by atoms with E-state index in [2.05, 4.69) is 41.4 Å². The van der Waals surface area contributed by atoms with Gasteiger partial charge in [-0.05, 0) is 56.9 Å². The van der Waals surface area contributed by atoms with Crippen molar-refractivity contribution in [2.75, 3.05) is 26.7 Å². The van der Waals surface area contributed by atoms with E-state index in [-0.39, 0.29) is 0 Å². The number of hydrogen-bond acceptors (Lipinski definition) is 3. The quantitative estimate of drug-likeness (QED) is 0.744. The van der Waals surface area contributed by atoms with Crippen LogP contribution in [0.5, 0.6) is 0 Å². The molecule has 1 fully saturated rings. The van der Waals surface area contributed by atoms with Crippen molar-refractivity contribution >= 4 is 0 Å². The number of likely N-dealkylation sites (tertiary alicyclic amines) is 1. The molecule has 2 rings (SSSR count). The summed E-state index contributed by atoms with van der Waals surface area (Å²) in [4.78, 5) is 2.64. The number of nitrogens with zero attached hydrogens (tertiary/aromatic N) is 1. The van der Waals surface area contributed by atoms with E-state index >= 15 is 0 Å². The van der Waals surface area contributed by atoms with E-state index < -0.39 is 0 Å². The molecule has 1 heterocycles. The molecule has 1 aromatic carbocycles. The largest absolute Gasteiger partial charge is 0.380 e. The van der Waals surface area contributed by atoms with Crippen LogP contribution in [-0.4, -0.2) is 37.7 Å². The highest BCUT2D eigenvalue weighted by atomic mass is 16.5. The number of ether oxygens (including phenoxy) is 1. The second-order valence-electron chi connectivity index (χ2n) is 6.11. The molecule has 118 valence electrons. The Labute approximate surface area is 129 Å². The van der Waals surface area contributed by atoms with E-state index in [0.29, 0.717) is 6.61 Å². The Morgan fingerprint density at radius 2 is 2.05 bits per heavy atom. The number of methoxy groups -OCH3 is 1. The lowest BCUT2D eigenvalue weighted by molar-refractivity contribution is 0.159. The predicted octanol–water partition coefficient (Wildman–Crippen LogP) is 3.19. The zero-order chi connectivity index (χ0) is 14.9. The fraction of sp³-hybridized carbons (Fsp3) is 0.667. The average molecular weight is 290 g/mol. The van der Waals surface area contributed by atoms with Crippen LogP contribution in [0.3, 0.4) is 0 Å². The van der Waals surface area contributed by atoms with E-state index in [1.807, 2.05) is 0 Å². The van der Waals surface area contributed by atoms with Crippen LogP contribution in [0.4, 0.5) is 0 Å². The fourth-order valence-corrected chi connectivity index (χ4v) is 3.15. The summed E-state index contributed by atoms with van der Waals surface area (Å²) in [7, 11) is 1.75. The molecule has 1 unspecified atom stereocenters. The van der Waals surface area contributed by atoms with Crippen molar-refractivity contribution in [1.82, 2.24) is 10.2 Å². The monoisotopic (exact) mass is 290 g/mol. The first-order valence-corrected chi connectivity index (χ1v) is 8.31. The van der Waals surface area contributed by atoms with Crippen molar-refractivity contribution in [3.05, 3.63) is 35.4 Å². The molecule has 1 saturated heterocycles. The van der Waals surface area contributed by atoms with Crippen LogP contribution >= 0.6 is 0 Å². The number of hydrogen-bond donors (Lipinski definition) is 1. The summed E-state index contributed by atoms with van der Waals surface area (Å²) in [5.74, 6) is 0. The van der Waals surface area contributed by atoms with Crippen LogP contribution < -0.4 is 5.32 Å². The highest BCUT2D eigenvalue weighted by Crippen LogP contribution is 2.16. The molecule has 0 saturated carbocycles. The Morgan fingerprint density at radius 3 is 2.81 bits per heavy atom. The lowest BCUT2D eigenvalue weighted by Crippen LogP contribution is -2.38. The van der Waals surface area contributed by atoms with Gasteiger partial charge in [0.2, 0.25) is 0 Å². The molecule has 0 amide bonds. The summed E-state index contributed by atoms with van der Waals surface area (Å²) in [6.45, 7) is 7.61. The molecule has 21 heavy (non-hydrogen) atoms. The molecule has 0 spiro atoms. The van der Waals surface area contributed by atoms with E-state index in [1.165, 1.54) is 49.9 Å². The van der Waals surface area contributed by atoms with Gasteiger partial charge >= 0.3 is 0 Å². The Kier molecular flexibility index (Phi) is 7.20. The number of benzene rings is 1. The second-order valence-corrected chi connectivity index (χ2v) is 6.11. The normalized spacial score (nSPS) is 19.8. The lowest BCUT2D eigenvalue weighted by Gasteiger charge is -2.33. The minimum atomic E-state index is 0.698. The maximum Gasteiger partial charge on any atom is 0.0716 e. The van der Waals surface area contributed by atoms with Gasteiger partial charge in [0.15, 0.2) is 0 Å². The minimum absolute atomic E-state index is 0.698. The van der Waals surface area contributed by atoms with E-state index in [9.17, 15) is 0 Å². The third-order valence-corrected chi connectivity index (χ3v) is 4.47. The fourth-order valence-electron chi connectivity index (χ4n) is 3.15. The molecule has 0 aliphatic carbocycles. The molecule has 1 aliphatic rings. The third-order valence-electron chi connectivity index (χ3n) is 4.47. The van der Waals surface area contributed by atoms with Crippen molar-refractivity contribution in [3.8, 4) is 0 Å². The average Bonchev–Trinajstić information content (AvgIpc) is 2.50. The van der Waals surface area contributed by atoms with Gasteiger partial charge in [0.05, 0.1) is 6.61 Å². The Bertz CT molecular complexity index is 408. The highest BCUT2D eigenvalue weighted by molar-refractivity contribution is 5.26. The van der Waals surface area contributed by atoms with Gasteiger partial charge < -0.3 is 15.0 Å². The predicted molar refractivity (Wildman–Crippen MR) is 88.4 cm³/mol. The molecule has 0 aromatic heterocycles. The van der Waals surface area contributed by atoms with Crippen molar-refractivity contribution in [2.24, 2.45) is 0 Å². The Balaban J connectivity index is 1.65. The van der Waals surface area contributed by atoms with Crippen LogP contribution in [0.25, 0.3) is 0 Å². The summed E-state index contributed by atoms with van der Waals surface area (Å²) in [5.41, 5.74) is 2.64. The van der Waals surface area contributed by atoms with Crippen LogP contribution in [0, 0.1) is 0 Å². The zero-order valence-corrected chi connectivity index (χ0v) is 13.6. The summed E-state index contributed by atoms with van der Waals surface area (Å²) >= 11 is 0. The van der Waals surface area contributed by atoms with Gasteiger partial charge in [0.1, 0.15) is 0 Å².